The minimum atomic E-state index is -5.17. The van der Waals surface area contributed by atoms with E-state index in [2.05, 4.69) is 9.97 Å². The van der Waals surface area contributed by atoms with Gasteiger partial charge in [0.2, 0.25) is 5.95 Å². The molecule has 2 heterocycles. The van der Waals surface area contributed by atoms with E-state index in [-0.39, 0.29) is 67.5 Å². The number of alkyl halides is 9. The number of unbranched alkanes of at least 4 members (excludes halogenated alkanes) is 1. The molecule has 4 rings (SSSR count). The van der Waals surface area contributed by atoms with Gasteiger partial charge in [0.15, 0.2) is 5.75 Å². The second-order valence-corrected chi connectivity index (χ2v) is 13.8. The zero-order chi connectivity index (χ0) is 40.9. The van der Waals surface area contributed by atoms with Crippen LogP contribution < -0.4 is 14.5 Å². The molecule has 0 unspecified atom stereocenters. The first kappa shape index (κ1) is 43.0. The van der Waals surface area contributed by atoms with Crippen molar-refractivity contribution < 1.29 is 63.3 Å². The Morgan fingerprint density at radius 3 is 1.96 bits per heavy atom. The average Bonchev–Trinajstić information content (AvgIpc) is 3.08. The van der Waals surface area contributed by atoms with Gasteiger partial charge in [0.1, 0.15) is 5.60 Å². The summed E-state index contributed by atoms with van der Waals surface area (Å²) in [6.45, 7) is 7.82. The molecule has 0 radical (unpaired) electrons. The van der Waals surface area contributed by atoms with Crippen molar-refractivity contribution in [2.24, 2.45) is 0 Å². The van der Waals surface area contributed by atoms with Gasteiger partial charge in [-0.1, -0.05) is 6.92 Å². The minimum absolute atomic E-state index is 0.00547. The number of halogens is 9. The summed E-state index contributed by atoms with van der Waals surface area (Å²) in [7, 11) is 0. The number of hydrogen-bond acceptors (Lipinski definition) is 8. The van der Waals surface area contributed by atoms with Gasteiger partial charge in [-0.15, -0.1) is 0 Å². The van der Waals surface area contributed by atoms with Gasteiger partial charge in [0.05, 0.1) is 54.0 Å². The monoisotopic (exact) mass is 792 g/mol. The Balaban J connectivity index is 1.78. The van der Waals surface area contributed by atoms with Crippen LogP contribution in [-0.4, -0.2) is 46.9 Å². The van der Waals surface area contributed by atoms with E-state index in [9.17, 15) is 49.1 Å². The molecule has 3 aromatic rings. The van der Waals surface area contributed by atoms with Gasteiger partial charge >= 0.3 is 30.6 Å². The summed E-state index contributed by atoms with van der Waals surface area (Å²) in [5.74, 6) is -0.510. The maximum atomic E-state index is 14.1. The molecule has 2 aromatic carbocycles. The van der Waals surface area contributed by atoms with Crippen LogP contribution in [0, 0.1) is 0 Å². The Morgan fingerprint density at radius 1 is 0.836 bits per heavy atom. The van der Waals surface area contributed by atoms with Gasteiger partial charge < -0.3 is 19.1 Å². The minimum Gasteiger partial charge on any atom is -0.490 e. The van der Waals surface area contributed by atoms with E-state index in [4.69, 9.17) is 14.2 Å². The van der Waals surface area contributed by atoms with Crippen LogP contribution >= 0.6 is 0 Å². The molecule has 1 aliphatic heterocycles. The van der Waals surface area contributed by atoms with E-state index in [0.717, 1.165) is 18.2 Å². The van der Waals surface area contributed by atoms with E-state index < -0.39 is 71.1 Å². The van der Waals surface area contributed by atoms with Crippen molar-refractivity contribution in [1.82, 2.24) is 9.97 Å². The standard InChI is InChI=1S/C37H41F9N4O5/c1-6-26-18-30(28-17-23(35(38,39)40)11-12-29(28)50(26)33(52)53-7-2)49(21-22-14-24(36(41,42)43)16-25(15-22)37(44,45)46)32-47-19-27(20-48-32)54-13-9-8-10-31(51)55-34(3,4)5/h11-12,14-17,19-20,26,30H,6-10,13,18,21H2,1-5H3/t26-,30+/m1/s1. The lowest BCUT2D eigenvalue weighted by molar-refractivity contribution is -0.155. The van der Waals surface area contributed by atoms with Crippen LogP contribution in [0.2, 0.25) is 0 Å². The molecule has 0 aliphatic carbocycles. The Hall–Kier alpha value is -4.77. The number of hydrogen-bond donors (Lipinski definition) is 0. The number of fused-ring (bicyclic) bond motifs is 1. The smallest absolute Gasteiger partial charge is 0.416 e. The van der Waals surface area contributed by atoms with Crippen molar-refractivity contribution in [3.05, 3.63) is 76.6 Å². The molecular weight excluding hydrogens is 751 g/mol. The number of nitrogens with zero attached hydrogens (tertiary/aromatic N) is 4. The van der Waals surface area contributed by atoms with E-state index >= 15 is 0 Å². The first-order valence-electron chi connectivity index (χ1n) is 17.4. The highest BCUT2D eigenvalue weighted by molar-refractivity contribution is 5.90. The van der Waals surface area contributed by atoms with Crippen molar-refractivity contribution in [1.29, 1.82) is 0 Å². The van der Waals surface area contributed by atoms with Gasteiger partial charge in [-0.25, -0.2) is 14.8 Å². The number of amides is 1. The summed E-state index contributed by atoms with van der Waals surface area (Å²) in [6, 6.07) is 1.72. The third-order valence-corrected chi connectivity index (χ3v) is 8.48. The predicted octanol–water partition coefficient (Wildman–Crippen LogP) is 10.3. The highest BCUT2D eigenvalue weighted by Gasteiger charge is 2.42. The van der Waals surface area contributed by atoms with Gasteiger partial charge in [-0.3, -0.25) is 9.69 Å². The lowest BCUT2D eigenvalue weighted by Crippen LogP contribution is -2.48. The van der Waals surface area contributed by atoms with Crippen LogP contribution in [0.3, 0.4) is 0 Å². The molecule has 0 bridgehead atoms. The Morgan fingerprint density at radius 2 is 1.44 bits per heavy atom. The van der Waals surface area contributed by atoms with Gasteiger partial charge in [0, 0.05) is 19.0 Å². The quantitative estimate of drug-likeness (QED) is 0.102. The Bertz CT molecular complexity index is 1760. The SMILES string of the molecule is CCOC(=O)N1c2ccc(C(F)(F)F)cc2[C@@H](N(Cc2cc(C(F)(F)F)cc(C(F)(F)F)c2)c2ncc(OCCCCC(=O)OC(C)(C)C)cn2)C[C@H]1CC. The van der Waals surface area contributed by atoms with Crippen LogP contribution in [0.15, 0.2) is 48.8 Å². The average molecular weight is 793 g/mol. The zero-order valence-corrected chi connectivity index (χ0v) is 30.7. The van der Waals surface area contributed by atoms with Crippen molar-refractivity contribution in [3.8, 4) is 5.75 Å². The van der Waals surface area contributed by atoms with E-state index in [1.54, 1.807) is 34.6 Å². The maximum Gasteiger partial charge on any atom is 0.416 e. The molecule has 0 N–H and O–H groups in total. The molecule has 302 valence electrons. The topological polar surface area (TPSA) is 94.1 Å². The molecule has 0 fully saturated rings. The van der Waals surface area contributed by atoms with Crippen LogP contribution in [-0.2, 0) is 39.3 Å². The number of ether oxygens (including phenoxy) is 3. The third kappa shape index (κ3) is 11.4. The fraction of sp³-hybridized carbons (Fsp3) is 0.514. The molecule has 1 amide bonds. The molecule has 2 atom stereocenters. The predicted molar refractivity (Wildman–Crippen MR) is 182 cm³/mol. The summed E-state index contributed by atoms with van der Waals surface area (Å²) in [4.78, 5) is 36.1. The number of rotatable bonds is 12. The summed E-state index contributed by atoms with van der Waals surface area (Å²) < 4.78 is 142. The van der Waals surface area contributed by atoms with Crippen LogP contribution in [0.4, 0.5) is 55.9 Å². The Kier molecular flexibility index (Phi) is 13.2. The first-order valence-corrected chi connectivity index (χ1v) is 17.4. The summed E-state index contributed by atoms with van der Waals surface area (Å²) >= 11 is 0. The van der Waals surface area contributed by atoms with Gasteiger partial charge in [0.25, 0.3) is 0 Å². The van der Waals surface area contributed by atoms with Gasteiger partial charge in [-0.05, 0) is 101 Å². The van der Waals surface area contributed by atoms with Crippen LogP contribution in [0.25, 0.3) is 0 Å². The van der Waals surface area contributed by atoms with Crippen molar-refractivity contribution in [2.45, 2.75) is 109 Å². The highest BCUT2D eigenvalue weighted by Crippen LogP contribution is 2.46. The molecule has 1 aromatic heterocycles. The van der Waals surface area contributed by atoms with Crippen molar-refractivity contribution >= 4 is 23.7 Å². The Labute approximate surface area is 311 Å². The number of carbonyl (C=O) groups excluding carboxylic acids is 2. The number of anilines is 2. The largest absolute Gasteiger partial charge is 0.490 e. The molecule has 1 aliphatic rings. The lowest BCUT2D eigenvalue weighted by Gasteiger charge is -2.44. The van der Waals surface area contributed by atoms with E-state index in [0.29, 0.717) is 25.0 Å². The molecule has 0 saturated carbocycles. The second kappa shape index (κ2) is 16.9. The van der Waals surface area contributed by atoms with Crippen molar-refractivity contribution in [2.75, 3.05) is 23.0 Å². The normalized spacial score (nSPS) is 16.4. The van der Waals surface area contributed by atoms with Gasteiger partial charge in [-0.2, -0.15) is 39.5 Å². The van der Waals surface area contributed by atoms with Crippen LogP contribution in [0.1, 0.15) is 101 Å². The summed E-state index contributed by atoms with van der Waals surface area (Å²) in [5, 5.41) is 0. The van der Waals surface area contributed by atoms with Crippen LogP contribution in [0.5, 0.6) is 5.75 Å². The molecule has 9 nitrogen and oxygen atoms in total. The maximum absolute atomic E-state index is 14.1. The zero-order valence-electron chi connectivity index (χ0n) is 30.7. The van der Waals surface area contributed by atoms with Crippen molar-refractivity contribution in [3.63, 3.8) is 0 Å². The third-order valence-electron chi connectivity index (χ3n) is 8.48. The molecular formula is C37H41F9N4O5. The highest BCUT2D eigenvalue weighted by atomic mass is 19.4. The fourth-order valence-corrected chi connectivity index (χ4v) is 6.10. The number of esters is 1. The molecule has 55 heavy (non-hydrogen) atoms. The summed E-state index contributed by atoms with van der Waals surface area (Å²) in [6.07, 6.45) is -12.5. The van der Waals surface area contributed by atoms with E-state index in [1.165, 1.54) is 22.2 Å². The number of carbonyl (C=O) groups is 2. The summed E-state index contributed by atoms with van der Waals surface area (Å²) in [5.41, 5.74) is -5.50. The number of benzene rings is 2. The van der Waals surface area contributed by atoms with E-state index in [1.807, 2.05) is 0 Å². The second-order valence-electron chi connectivity index (χ2n) is 13.8. The lowest BCUT2D eigenvalue weighted by atomic mass is 9.87. The first-order chi connectivity index (χ1) is 25.5. The molecule has 0 saturated heterocycles. The molecule has 18 heteroatoms. The molecule has 0 spiro atoms. The fourth-order valence-electron chi connectivity index (χ4n) is 6.10. The number of aromatic nitrogens is 2.